The number of halogens is 2. The number of nitrogens with one attached hydrogen (secondary N) is 1. The molecule has 0 radical (unpaired) electrons. The number of likely N-dealkylation sites (tertiary alicyclic amines) is 1. The maximum atomic E-state index is 12.8. The zero-order chi connectivity index (χ0) is 22.3. The van der Waals surface area contributed by atoms with Gasteiger partial charge in [0.05, 0.1) is 48.7 Å². The fraction of sp³-hybridized carbons (Fsp3) is 0.545. The minimum absolute atomic E-state index is 0.115. The van der Waals surface area contributed by atoms with Crippen LogP contribution in [0.25, 0.3) is 22.3 Å². The first-order chi connectivity index (χ1) is 15.5. The van der Waals surface area contributed by atoms with Crippen molar-refractivity contribution in [1.82, 2.24) is 30.0 Å². The molecular weight excluding hydrogens is 416 g/mol. The summed E-state index contributed by atoms with van der Waals surface area (Å²) in [7, 11) is 1.62. The number of aromatic nitrogens is 5. The number of piperidine rings is 1. The van der Waals surface area contributed by atoms with Crippen LogP contribution in [-0.4, -0.2) is 76.3 Å². The first-order valence-electron chi connectivity index (χ1n) is 10.9. The molecule has 0 aliphatic carbocycles. The third kappa shape index (κ3) is 3.76. The monoisotopic (exact) mass is 443 g/mol. The lowest BCUT2D eigenvalue weighted by atomic mass is 9.77. The van der Waals surface area contributed by atoms with Gasteiger partial charge in [0.1, 0.15) is 11.6 Å². The number of aryl methyl sites for hydroxylation is 1. The summed E-state index contributed by atoms with van der Waals surface area (Å²) in [6.07, 6.45) is 5.75. The fourth-order valence-corrected chi connectivity index (χ4v) is 5.10. The van der Waals surface area contributed by atoms with Gasteiger partial charge in [0, 0.05) is 25.3 Å². The van der Waals surface area contributed by atoms with E-state index >= 15 is 0 Å². The summed E-state index contributed by atoms with van der Waals surface area (Å²) in [4.78, 5) is 18.1. The molecule has 0 saturated carbocycles. The van der Waals surface area contributed by atoms with Crippen molar-refractivity contribution in [2.75, 3.05) is 44.7 Å². The van der Waals surface area contributed by atoms with E-state index < -0.39 is 6.43 Å². The summed E-state index contributed by atoms with van der Waals surface area (Å²) in [5.74, 6) is 2.05. The van der Waals surface area contributed by atoms with Crippen LogP contribution in [0.4, 0.5) is 14.6 Å². The summed E-state index contributed by atoms with van der Waals surface area (Å²) in [5, 5.41) is 7.90. The molecular formula is C22H27F2N7O. The molecule has 0 bridgehead atoms. The van der Waals surface area contributed by atoms with Crippen molar-refractivity contribution >= 4 is 16.7 Å². The standard InChI is InChI=1S/C22H27F2N7O/c1-14-15(9-26-29-14)20-27-16-10-25-11-17(32-2)19(16)21(28-20)31-7-4-22(5-8-31)3-6-30(13-22)12-18(23)24/h9-11,18H,3-8,12-13H2,1-2H3,(H,26,29). The van der Waals surface area contributed by atoms with Gasteiger partial charge in [0.2, 0.25) is 0 Å². The Balaban J connectivity index is 1.47. The topological polar surface area (TPSA) is 83.1 Å². The number of anilines is 1. The van der Waals surface area contributed by atoms with Gasteiger partial charge in [0.15, 0.2) is 5.82 Å². The number of rotatable bonds is 5. The summed E-state index contributed by atoms with van der Waals surface area (Å²) in [5.41, 5.74) is 2.58. The van der Waals surface area contributed by atoms with Gasteiger partial charge in [-0.25, -0.2) is 18.7 Å². The van der Waals surface area contributed by atoms with Crippen LogP contribution in [0.3, 0.4) is 0 Å². The van der Waals surface area contributed by atoms with Gasteiger partial charge in [-0.3, -0.25) is 15.0 Å². The molecule has 2 aliphatic heterocycles. The molecule has 1 N–H and O–H groups in total. The van der Waals surface area contributed by atoms with Crippen molar-refractivity contribution in [3.8, 4) is 17.1 Å². The Morgan fingerprint density at radius 2 is 1.91 bits per heavy atom. The quantitative estimate of drug-likeness (QED) is 0.648. The highest BCUT2D eigenvalue weighted by molar-refractivity contribution is 5.95. The molecule has 2 aliphatic rings. The van der Waals surface area contributed by atoms with Crippen LogP contribution in [0.5, 0.6) is 5.75 Å². The molecule has 3 aromatic rings. The van der Waals surface area contributed by atoms with Crippen LogP contribution in [0.1, 0.15) is 25.0 Å². The van der Waals surface area contributed by atoms with Crippen LogP contribution in [0.15, 0.2) is 18.6 Å². The van der Waals surface area contributed by atoms with E-state index in [1.54, 1.807) is 25.7 Å². The van der Waals surface area contributed by atoms with Crippen molar-refractivity contribution in [2.45, 2.75) is 32.6 Å². The predicted molar refractivity (Wildman–Crippen MR) is 117 cm³/mol. The molecule has 5 heterocycles. The van der Waals surface area contributed by atoms with Gasteiger partial charge in [-0.2, -0.15) is 5.10 Å². The number of fused-ring (bicyclic) bond motifs is 1. The molecule has 1 spiro atoms. The molecule has 170 valence electrons. The number of methoxy groups -OCH3 is 1. The molecule has 2 saturated heterocycles. The summed E-state index contributed by atoms with van der Waals surface area (Å²) in [6.45, 7) is 4.94. The lowest BCUT2D eigenvalue weighted by Crippen LogP contribution is -2.42. The third-order valence-corrected chi connectivity index (χ3v) is 6.88. The number of nitrogens with zero attached hydrogens (tertiary/aromatic N) is 6. The minimum atomic E-state index is -2.27. The Bertz CT molecular complexity index is 1110. The van der Waals surface area contributed by atoms with E-state index in [2.05, 4.69) is 20.1 Å². The summed E-state index contributed by atoms with van der Waals surface area (Å²) in [6, 6.07) is 0. The summed E-state index contributed by atoms with van der Waals surface area (Å²) >= 11 is 0. The van der Waals surface area contributed by atoms with Crippen LogP contribution >= 0.6 is 0 Å². The number of alkyl halides is 2. The third-order valence-electron chi connectivity index (χ3n) is 6.88. The van der Waals surface area contributed by atoms with Crippen molar-refractivity contribution in [2.24, 2.45) is 5.41 Å². The van der Waals surface area contributed by atoms with Crippen molar-refractivity contribution < 1.29 is 13.5 Å². The Morgan fingerprint density at radius 1 is 1.12 bits per heavy atom. The summed E-state index contributed by atoms with van der Waals surface area (Å²) < 4.78 is 31.3. The lowest BCUT2D eigenvalue weighted by molar-refractivity contribution is 0.0906. The molecule has 10 heteroatoms. The van der Waals surface area contributed by atoms with Crippen molar-refractivity contribution in [3.63, 3.8) is 0 Å². The van der Waals surface area contributed by atoms with Crippen LogP contribution in [0, 0.1) is 12.3 Å². The average Bonchev–Trinajstić information content (AvgIpc) is 3.38. The largest absolute Gasteiger partial charge is 0.494 e. The molecule has 3 aromatic heterocycles. The van der Waals surface area contributed by atoms with E-state index in [1.807, 2.05) is 11.8 Å². The SMILES string of the molecule is COc1cncc2nc(-c3cn[nH]c3C)nc(N3CCC4(CCN(CC(F)F)C4)CC3)c12. The molecule has 8 nitrogen and oxygen atoms in total. The van der Waals surface area contributed by atoms with Crippen molar-refractivity contribution in [1.29, 1.82) is 0 Å². The number of pyridine rings is 1. The van der Waals surface area contributed by atoms with Crippen molar-refractivity contribution in [3.05, 3.63) is 24.3 Å². The Labute approximate surface area is 185 Å². The Morgan fingerprint density at radius 3 is 2.59 bits per heavy atom. The maximum Gasteiger partial charge on any atom is 0.251 e. The number of ether oxygens (including phenoxy) is 1. The van der Waals surface area contributed by atoms with Crippen LogP contribution < -0.4 is 9.64 Å². The van der Waals surface area contributed by atoms with Gasteiger partial charge < -0.3 is 9.64 Å². The van der Waals surface area contributed by atoms with E-state index in [0.717, 1.165) is 67.9 Å². The molecule has 0 aromatic carbocycles. The second kappa shape index (κ2) is 8.23. The van der Waals surface area contributed by atoms with Gasteiger partial charge in [-0.1, -0.05) is 0 Å². The van der Waals surface area contributed by atoms with Gasteiger partial charge >= 0.3 is 0 Å². The van der Waals surface area contributed by atoms with E-state index in [0.29, 0.717) is 17.1 Å². The lowest BCUT2D eigenvalue weighted by Gasteiger charge is -2.40. The molecule has 0 unspecified atom stereocenters. The highest BCUT2D eigenvalue weighted by Gasteiger charge is 2.41. The molecule has 2 fully saturated rings. The zero-order valence-corrected chi connectivity index (χ0v) is 18.3. The van der Waals surface area contributed by atoms with Crippen LogP contribution in [-0.2, 0) is 0 Å². The maximum absolute atomic E-state index is 12.8. The van der Waals surface area contributed by atoms with E-state index in [-0.39, 0.29) is 12.0 Å². The molecule has 5 rings (SSSR count). The Kier molecular flexibility index (Phi) is 5.40. The highest BCUT2D eigenvalue weighted by atomic mass is 19.3. The van der Waals surface area contributed by atoms with E-state index in [9.17, 15) is 8.78 Å². The molecule has 0 amide bonds. The first-order valence-corrected chi connectivity index (χ1v) is 10.9. The van der Waals surface area contributed by atoms with E-state index in [4.69, 9.17) is 14.7 Å². The molecule has 32 heavy (non-hydrogen) atoms. The average molecular weight is 444 g/mol. The predicted octanol–water partition coefficient (Wildman–Crippen LogP) is 3.29. The second-order valence-electron chi connectivity index (χ2n) is 8.88. The van der Waals surface area contributed by atoms with E-state index in [1.165, 1.54) is 0 Å². The number of H-pyrrole nitrogens is 1. The van der Waals surface area contributed by atoms with Gasteiger partial charge in [0.25, 0.3) is 6.43 Å². The highest BCUT2D eigenvalue weighted by Crippen LogP contribution is 2.43. The normalized spacial score (nSPS) is 18.8. The fourth-order valence-electron chi connectivity index (χ4n) is 5.10. The number of aromatic amines is 1. The van der Waals surface area contributed by atoms with Gasteiger partial charge in [-0.15, -0.1) is 0 Å². The zero-order valence-electron chi connectivity index (χ0n) is 18.3. The van der Waals surface area contributed by atoms with Crippen LogP contribution in [0.2, 0.25) is 0 Å². The smallest absolute Gasteiger partial charge is 0.251 e. The number of hydrogen-bond donors (Lipinski definition) is 1. The first kappa shape index (κ1) is 21.0. The second-order valence-corrected chi connectivity index (χ2v) is 8.88. The molecule has 0 atom stereocenters. The Hall–Kier alpha value is -2.88. The minimum Gasteiger partial charge on any atom is -0.494 e. The van der Waals surface area contributed by atoms with Gasteiger partial charge in [-0.05, 0) is 38.1 Å². The number of hydrogen-bond acceptors (Lipinski definition) is 7.